The van der Waals surface area contributed by atoms with E-state index in [1.54, 1.807) is 6.92 Å². The zero-order chi connectivity index (χ0) is 11.1. The van der Waals surface area contributed by atoms with Crippen LogP contribution in [0.3, 0.4) is 0 Å². The van der Waals surface area contributed by atoms with Gasteiger partial charge in [-0.15, -0.1) is 0 Å². The lowest BCUT2D eigenvalue weighted by Crippen LogP contribution is -2.22. The van der Waals surface area contributed by atoms with Crippen LogP contribution in [-0.4, -0.2) is 5.54 Å². The molecule has 0 heterocycles. The van der Waals surface area contributed by atoms with E-state index in [1.165, 1.54) is 12.1 Å². The van der Waals surface area contributed by atoms with E-state index >= 15 is 0 Å². The van der Waals surface area contributed by atoms with E-state index in [9.17, 15) is 8.78 Å². The zero-order valence-corrected chi connectivity index (χ0v) is 8.82. The van der Waals surface area contributed by atoms with Gasteiger partial charge < -0.3 is 5.73 Å². The van der Waals surface area contributed by atoms with Crippen molar-refractivity contribution in [2.75, 3.05) is 0 Å². The molecule has 0 amide bonds. The molecule has 0 aromatic heterocycles. The first-order valence-corrected chi connectivity index (χ1v) is 5.24. The normalized spacial score (nSPS) is 17.9. The van der Waals surface area contributed by atoms with Gasteiger partial charge in [0.25, 0.3) is 0 Å². The maximum Gasteiger partial charge on any atom is 0.129 e. The van der Waals surface area contributed by atoms with E-state index in [-0.39, 0.29) is 11.1 Å². The fraction of sp³-hybridized carbons (Fsp3) is 0.500. The van der Waals surface area contributed by atoms with E-state index < -0.39 is 11.6 Å². The van der Waals surface area contributed by atoms with Crippen molar-refractivity contribution >= 4 is 0 Å². The number of aryl methyl sites for hydroxylation is 1. The number of hydrogen-bond donors (Lipinski definition) is 1. The Morgan fingerprint density at radius 2 is 1.80 bits per heavy atom. The summed E-state index contributed by atoms with van der Waals surface area (Å²) in [7, 11) is 0. The minimum atomic E-state index is -0.447. The molecule has 1 nitrogen and oxygen atoms in total. The first kappa shape index (κ1) is 10.6. The molecule has 0 aliphatic heterocycles. The number of nitrogens with two attached hydrogens (primary N) is 1. The molecule has 0 bridgehead atoms. The van der Waals surface area contributed by atoms with Gasteiger partial charge in [0.1, 0.15) is 11.6 Å². The van der Waals surface area contributed by atoms with Gasteiger partial charge in [0.2, 0.25) is 0 Å². The van der Waals surface area contributed by atoms with Crippen molar-refractivity contribution in [3.05, 3.63) is 34.9 Å². The first-order valence-electron chi connectivity index (χ1n) is 5.24. The summed E-state index contributed by atoms with van der Waals surface area (Å²) in [4.78, 5) is 0. The third-order valence-electron chi connectivity index (χ3n) is 3.05. The van der Waals surface area contributed by atoms with Crippen molar-refractivity contribution in [2.45, 2.75) is 38.1 Å². The molecule has 0 spiro atoms. The van der Waals surface area contributed by atoms with Crippen LogP contribution in [0.4, 0.5) is 8.78 Å². The first-order chi connectivity index (χ1) is 7.00. The van der Waals surface area contributed by atoms with Crippen molar-refractivity contribution in [1.29, 1.82) is 0 Å². The lowest BCUT2D eigenvalue weighted by atomic mass is 10.0. The number of benzene rings is 1. The summed E-state index contributed by atoms with van der Waals surface area (Å²) in [5.74, 6) is -0.895. The Kier molecular flexibility index (Phi) is 2.51. The Bertz CT molecular complexity index is 360. The van der Waals surface area contributed by atoms with Gasteiger partial charge in [-0.05, 0) is 50.3 Å². The molecule has 1 aliphatic rings. The molecular weight excluding hydrogens is 196 g/mol. The van der Waals surface area contributed by atoms with E-state index in [0.717, 1.165) is 12.8 Å². The van der Waals surface area contributed by atoms with Crippen LogP contribution < -0.4 is 5.73 Å². The van der Waals surface area contributed by atoms with Crippen molar-refractivity contribution in [3.8, 4) is 0 Å². The van der Waals surface area contributed by atoms with Crippen LogP contribution in [0.25, 0.3) is 0 Å². The fourth-order valence-electron chi connectivity index (χ4n) is 1.75. The van der Waals surface area contributed by atoms with Crippen molar-refractivity contribution in [3.63, 3.8) is 0 Å². The van der Waals surface area contributed by atoms with Crippen LogP contribution in [0, 0.1) is 18.6 Å². The molecule has 2 N–H and O–H groups in total. The van der Waals surface area contributed by atoms with Crippen LogP contribution in [0.15, 0.2) is 12.1 Å². The van der Waals surface area contributed by atoms with Crippen LogP contribution in [0.2, 0.25) is 0 Å². The number of halogens is 2. The second-order valence-electron chi connectivity index (χ2n) is 4.57. The summed E-state index contributed by atoms with van der Waals surface area (Å²) < 4.78 is 26.9. The quantitative estimate of drug-likeness (QED) is 0.817. The SMILES string of the molecule is Cc1cc(F)c(CCC2(N)CC2)c(F)c1. The van der Waals surface area contributed by atoms with Gasteiger partial charge in [-0.25, -0.2) is 8.78 Å². The molecule has 0 atom stereocenters. The highest BCUT2D eigenvalue weighted by Gasteiger charge is 2.37. The summed E-state index contributed by atoms with van der Waals surface area (Å²) in [6.07, 6.45) is 3.02. The smallest absolute Gasteiger partial charge is 0.129 e. The highest BCUT2D eigenvalue weighted by molar-refractivity contribution is 5.26. The molecule has 15 heavy (non-hydrogen) atoms. The molecule has 1 aromatic rings. The summed E-state index contributed by atoms with van der Waals surface area (Å²) in [5.41, 5.74) is 6.52. The van der Waals surface area contributed by atoms with Gasteiger partial charge in [-0.3, -0.25) is 0 Å². The van der Waals surface area contributed by atoms with E-state index in [0.29, 0.717) is 18.4 Å². The van der Waals surface area contributed by atoms with Gasteiger partial charge in [0.15, 0.2) is 0 Å². The maximum atomic E-state index is 13.4. The van der Waals surface area contributed by atoms with Crippen molar-refractivity contribution < 1.29 is 8.78 Å². The Morgan fingerprint density at radius 1 is 1.27 bits per heavy atom. The van der Waals surface area contributed by atoms with Crippen LogP contribution in [0.1, 0.15) is 30.4 Å². The maximum absolute atomic E-state index is 13.4. The second kappa shape index (κ2) is 3.56. The van der Waals surface area contributed by atoms with Gasteiger partial charge in [-0.2, -0.15) is 0 Å². The predicted octanol–water partition coefficient (Wildman–Crippen LogP) is 2.70. The lowest BCUT2D eigenvalue weighted by molar-refractivity contribution is 0.528. The molecule has 3 heteroatoms. The minimum Gasteiger partial charge on any atom is -0.325 e. The second-order valence-corrected chi connectivity index (χ2v) is 4.57. The predicted molar refractivity (Wildman–Crippen MR) is 55.6 cm³/mol. The third kappa shape index (κ3) is 2.34. The Morgan fingerprint density at radius 3 is 2.27 bits per heavy atom. The molecule has 0 saturated heterocycles. The Hall–Kier alpha value is -0.960. The van der Waals surface area contributed by atoms with Gasteiger partial charge >= 0.3 is 0 Å². The number of rotatable bonds is 3. The molecular formula is C12H15F2N. The third-order valence-corrected chi connectivity index (χ3v) is 3.05. The molecule has 2 rings (SSSR count). The minimum absolute atomic E-state index is 0.149. The zero-order valence-electron chi connectivity index (χ0n) is 8.82. The molecule has 1 saturated carbocycles. The van der Waals surface area contributed by atoms with Crippen molar-refractivity contribution in [1.82, 2.24) is 0 Å². The topological polar surface area (TPSA) is 26.0 Å². The van der Waals surface area contributed by atoms with Gasteiger partial charge in [0.05, 0.1) is 0 Å². The van der Waals surface area contributed by atoms with E-state index in [2.05, 4.69) is 0 Å². The molecule has 82 valence electrons. The highest BCUT2D eigenvalue weighted by Crippen LogP contribution is 2.37. The van der Waals surface area contributed by atoms with E-state index in [1.807, 2.05) is 0 Å². The fourth-order valence-corrected chi connectivity index (χ4v) is 1.75. The van der Waals surface area contributed by atoms with E-state index in [4.69, 9.17) is 5.73 Å². The summed E-state index contributed by atoms with van der Waals surface area (Å²) in [5, 5.41) is 0. The average Bonchev–Trinajstić information content (AvgIpc) is 2.82. The Balaban J connectivity index is 2.13. The largest absolute Gasteiger partial charge is 0.325 e. The van der Waals surface area contributed by atoms with Gasteiger partial charge in [-0.1, -0.05) is 0 Å². The Labute approximate surface area is 88.3 Å². The highest BCUT2D eigenvalue weighted by atomic mass is 19.1. The van der Waals surface area contributed by atoms with Crippen LogP contribution in [0.5, 0.6) is 0 Å². The molecule has 1 fully saturated rings. The lowest BCUT2D eigenvalue weighted by Gasteiger charge is -2.10. The summed E-state index contributed by atoms with van der Waals surface area (Å²) in [6, 6.07) is 2.74. The van der Waals surface area contributed by atoms with Gasteiger partial charge in [0, 0.05) is 11.1 Å². The van der Waals surface area contributed by atoms with Crippen molar-refractivity contribution in [2.24, 2.45) is 5.73 Å². The van der Waals surface area contributed by atoms with Crippen LogP contribution in [-0.2, 0) is 6.42 Å². The summed E-state index contributed by atoms with van der Waals surface area (Å²) >= 11 is 0. The monoisotopic (exact) mass is 211 g/mol. The average molecular weight is 211 g/mol. The number of hydrogen-bond acceptors (Lipinski definition) is 1. The summed E-state index contributed by atoms with van der Waals surface area (Å²) in [6.45, 7) is 1.68. The molecule has 0 unspecified atom stereocenters. The molecule has 0 radical (unpaired) electrons. The molecule has 1 aliphatic carbocycles. The van der Waals surface area contributed by atoms with Crippen LogP contribution >= 0.6 is 0 Å². The standard InChI is InChI=1S/C12H15F2N/c1-8-6-10(13)9(11(14)7-8)2-3-12(15)4-5-12/h6-7H,2-5,15H2,1H3. The molecule has 1 aromatic carbocycles.